The molecule has 5 nitrogen and oxygen atoms in total. The molecule has 0 saturated heterocycles. The molecule has 1 aromatic heterocycles. The average molecular weight is 217 g/mol. The number of furan rings is 1. The fourth-order valence-corrected chi connectivity index (χ4v) is 1.40. The van der Waals surface area contributed by atoms with Gasteiger partial charge in [-0.2, -0.15) is 0 Å². The molecule has 0 unspecified atom stereocenters. The van der Waals surface area contributed by atoms with Crippen LogP contribution in [-0.2, 0) is 0 Å². The molecule has 0 spiro atoms. The first kappa shape index (κ1) is 10.1. The number of nitrogens with zero attached hydrogens (tertiary/aromatic N) is 1. The second kappa shape index (κ2) is 3.98. The molecule has 2 aromatic rings. The average Bonchev–Trinajstić information content (AvgIpc) is 2.77. The molecule has 1 heterocycles. The van der Waals surface area contributed by atoms with Crippen LogP contribution in [0, 0.1) is 10.1 Å². The molecule has 0 aliphatic heterocycles. The van der Waals surface area contributed by atoms with Crippen molar-refractivity contribution in [3.8, 4) is 11.3 Å². The quantitative estimate of drug-likeness (QED) is 0.450. The number of hydrogen-bond acceptors (Lipinski definition) is 4. The van der Waals surface area contributed by atoms with Gasteiger partial charge in [-0.05, 0) is 18.2 Å². The van der Waals surface area contributed by atoms with Gasteiger partial charge < -0.3 is 4.42 Å². The summed E-state index contributed by atoms with van der Waals surface area (Å²) in [4.78, 5) is 20.7. The molecule has 80 valence electrons. The highest BCUT2D eigenvalue weighted by Crippen LogP contribution is 2.30. The lowest BCUT2D eigenvalue weighted by molar-refractivity contribution is -0.384. The van der Waals surface area contributed by atoms with Crippen LogP contribution in [0.3, 0.4) is 0 Å². The zero-order valence-corrected chi connectivity index (χ0v) is 8.12. The third-order valence-electron chi connectivity index (χ3n) is 2.11. The molecule has 0 aliphatic carbocycles. The molecular formula is C11H7NO4. The van der Waals surface area contributed by atoms with Crippen molar-refractivity contribution in [2.75, 3.05) is 0 Å². The van der Waals surface area contributed by atoms with Gasteiger partial charge in [-0.3, -0.25) is 14.9 Å². The van der Waals surface area contributed by atoms with E-state index < -0.39 is 4.92 Å². The van der Waals surface area contributed by atoms with Gasteiger partial charge in [0.15, 0.2) is 12.0 Å². The summed E-state index contributed by atoms with van der Waals surface area (Å²) in [6.07, 6.45) is 0.554. The number of nitro groups is 1. The van der Waals surface area contributed by atoms with Gasteiger partial charge in [0.2, 0.25) is 0 Å². The van der Waals surface area contributed by atoms with Crippen LogP contribution in [0.2, 0.25) is 0 Å². The predicted molar refractivity (Wildman–Crippen MR) is 56.2 cm³/mol. The first-order valence-electron chi connectivity index (χ1n) is 4.51. The van der Waals surface area contributed by atoms with Crippen molar-refractivity contribution in [2.45, 2.75) is 0 Å². The molecule has 0 fully saturated rings. The minimum atomic E-state index is -0.488. The van der Waals surface area contributed by atoms with E-state index in [4.69, 9.17) is 4.42 Å². The van der Waals surface area contributed by atoms with Crippen LogP contribution in [0.15, 0.2) is 40.8 Å². The SMILES string of the molecule is O=Cc1ccc(-c2ccccc2[N+](=O)[O-])o1. The lowest BCUT2D eigenvalue weighted by Crippen LogP contribution is -1.90. The summed E-state index contributed by atoms with van der Waals surface area (Å²) >= 11 is 0. The Morgan fingerprint density at radius 3 is 2.56 bits per heavy atom. The van der Waals surface area contributed by atoms with Crippen LogP contribution in [0.4, 0.5) is 5.69 Å². The Morgan fingerprint density at radius 2 is 1.94 bits per heavy atom. The molecule has 2 rings (SSSR count). The van der Waals surface area contributed by atoms with Gasteiger partial charge in [-0.15, -0.1) is 0 Å². The molecule has 16 heavy (non-hydrogen) atoms. The molecule has 0 N–H and O–H groups in total. The number of rotatable bonds is 3. The van der Waals surface area contributed by atoms with Crippen molar-refractivity contribution in [3.05, 3.63) is 52.3 Å². The minimum absolute atomic E-state index is 0.0469. The summed E-state index contributed by atoms with van der Waals surface area (Å²) in [6, 6.07) is 9.21. The predicted octanol–water partition coefficient (Wildman–Crippen LogP) is 2.67. The van der Waals surface area contributed by atoms with E-state index in [9.17, 15) is 14.9 Å². The maximum atomic E-state index is 10.8. The standard InChI is InChI=1S/C11H7NO4/c13-7-8-5-6-11(16-8)9-3-1-2-4-10(9)12(14)15/h1-7H. The van der Waals surface area contributed by atoms with Gasteiger partial charge in [0.25, 0.3) is 5.69 Å². The lowest BCUT2D eigenvalue weighted by atomic mass is 10.1. The van der Waals surface area contributed by atoms with E-state index in [0.717, 1.165) is 0 Å². The van der Waals surface area contributed by atoms with Gasteiger partial charge in [-0.1, -0.05) is 12.1 Å². The highest BCUT2D eigenvalue weighted by molar-refractivity contribution is 5.75. The third-order valence-corrected chi connectivity index (χ3v) is 2.11. The van der Waals surface area contributed by atoms with Crippen LogP contribution < -0.4 is 0 Å². The Kier molecular flexibility index (Phi) is 2.51. The van der Waals surface area contributed by atoms with Crippen LogP contribution in [-0.4, -0.2) is 11.2 Å². The van der Waals surface area contributed by atoms with Gasteiger partial charge in [0.1, 0.15) is 5.76 Å². The molecule has 5 heteroatoms. The van der Waals surface area contributed by atoms with Crippen molar-refractivity contribution in [3.63, 3.8) is 0 Å². The summed E-state index contributed by atoms with van der Waals surface area (Å²) in [7, 11) is 0. The van der Waals surface area contributed by atoms with Crippen LogP contribution in [0.1, 0.15) is 10.6 Å². The number of aldehydes is 1. The highest BCUT2D eigenvalue weighted by Gasteiger charge is 2.16. The summed E-state index contributed by atoms with van der Waals surface area (Å²) in [5.74, 6) is 0.461. The summed E-state index contributed by atoms with van der Waals surface area (Å²) in [5.41, 5.74) is 0.315. The zero-order chi connectivity index (χ0) is 11.5. The Morgan fingerprint density at radius 1 is 1.19 bits per heavy atom. The fourth-order valence-electron chi connectivity index (χ4n) is 1.40. The number of carbonyl (C=O) groups is 1. The normalized spacial score (nSPS) is 10.0. The van der Waals surface area contributed by atoms with E-state index in [1.165, 1.54) is 18.2 Å². The van der Waals surface area contributed by atoms with E-state index in [-0.39, 0.29) is 11.4 Å². The first-order chi connectivity index (χ1) is 7.72. The molecule has 0 aliphatic rings. The Labute approximate surface area is 90.5 Å². The number of nitro benzene ring substituents is 1. The second-order valence-electron chi connectivity index (χ2n) is 3.09. The minimum Gasteiger partial charge on any atom is -0.453 e. The van der Waals surface area contributed by atoms with E-state index in [1.54, 1.807) is 18.2 Å². The maximum Gasteiger partial charge on any atom is 0.280 e. The van der Waals surface area contributed by atoms with E-state index in [1.807, 2.05) is 0 Å². The zero-order valence-electron chi connectivity index (χ0n) is 8.12. The van der Waals surface area contributed by atoms with Crippen molar-refractivity contribution in [2.24, 2.45) is 0 Å². The Bertz CT molecular complexity index is 544. The van der Waals surface area contributed by atoms with Crippen molar-refractivity contribution in [1.82, 2.24) is 0 Å². The monoisotopic (exact) mass is 217 g/mol. The summed E-state index contributed by atoms with van der Waals surface area (Å²) < 4.78 is 5.14. The number of para-hydroxylation sites is 1. The van der Waals surface area contributed by atoms with Crippen molar-refractivity contribution < 1.29 is 14.1 Å². The van der Waals surface area contributed by atoms with Gasteiger partial charge in [-0.25, -0.2) is 0 Å². The molecule has 0 amide bonds. The second-order valence-corrected chi connectivity index (χ2v) is 3.09. The number of hydrogen-bond donors (Lipinski definition) is 0. The Balaban J connectivity index is 2.54. The van der Waals surface area contributed by atoms with Gasteiger partial charge in [0.05, 0.1) is 10.5 Å². The maximum absolute atomic E-state index is 10.8. The largest absolute Gasteiger partial charge is 0.453 e. The topological polar surface area (TPSA) is 73.3 Å². The van der Waals surface area contributed by atoms with E-state index in [0.29, 0.717) is 17.6 Å². The van der Waals surface area contributed by atoms with Gasteiger partial charge >= 0.3 is 0 Å². The number of carbonyl (C=O) groups excluding carboxylic acids is 1. The van der Waals surface area contributed by atoms with E-state index in [2.05, 4.69) is 0 Å². The summed E-state index contributed by atoms with van der Waals surface area (Å²) in [6.45, 7) is 0. The first-order valence-corrected chi connectivity index (χ1v) is 4.51. The lowest BCUT2D eigenvalue weighted by Gasteiger charge is -1.98. The van der Waals surface area contributed by atoms with E-state index >= 15 is 0 Å². The highest BCUT2D eigenvalue weighted by atomic mass is 16.6. The third kappa shape index (κ3) is 1.70. The molecule has 0 saturated carbocycles. The molecular weight excluding hydrogens is 210 g/mol. The Hall–Kier alpha value is -2.43. The molecule has 0 bridgehead atoms. The molecule has 0 atom stereocenters. The summed E-state index contributed by atoms with van der Waals surface area (Å²) in [5, 5.41) is 10.8. The van der Waals surface area contributed by atoms with Crippen LogP contribution in [0.25, 0.3) is 11.3 Å². The molecule has 1 aromatic carbocycles. The van der Waals surface area contributed by atoms with Crippen LogP contribution in [0.5, 0.6) is 0 Å². The molecule has 0 radical (unpaired) electrons. The fraction of sp³-hybridized carbons (Fsp3) is 0. The smallest absolute Gasteiger partial charge is 0.280 e. The van der Waals surface area contributed by atoms with Crippen LogP contribution >= 0.6 is 0 Å². The van der Waals surface area contributed by atoms with Gasteiger partial charge in [0, 0.05) is 6.07 Å². The number of benzene rings is 1. The van der Waals surface area contributed by atoms with Crippen molar-refractivity contribution in [1.29, 1.82) is 0 Å². The van der Waals surface area contributed by atoms with Crippen molar-refractivity contribution >= 4 is 12.0 Å².